The molecular weight excluding hydrogens is 308 g/mol. The van der Waals surface area contributed by atoms with Crippen molar-refractivity contribution in [3.05, 3.63) is 33.1 Å². The highest BCUT2D eigenvalue weighted by Crippen LogP contribution is 2.34. The summed E-state index contributed by atoms with van der Waals surface area (Å²) in [5.74, 6) is -1.15. The van der Waals surface area contributed by atoms with E-state index in [1.807, 2.05) is 6.92 Å². The number of nitrogens with one attached hydrogen (secondary N) is 1. The van der Waals surface area contributed by atoms with Crippen LogP contribution in [0.2, 0.25) is 0 Å². The molecule has 0 aliphatic carbocycles. The molecule has 9 heteroatoms. The Morgan fingerprint density at radius 2 is 1.83 bits per heavy atom. The molecule has 2 heterocycles. The molecule has 0 aromatic carbocycles. The standard InChI is InChI=1S/C14H18N2O7/c1-4-9-11(21-7(2)17)12(22-8(3)18)13(23-9)16-6-5-10(19)15-14(16)20/h5-6,9,11-13H,4H2,1-3H3,(H,15,19,20)/t9-,11?,12+,13-/m1/s1. The smallest absolute Gasteiger partial charge is 0.330 e. The summed E-state index contributed by atoms with van der Waals surface area (Å²) in [6.07, 6.45) is -1.67. The van der Waals surface area contributed by atoms with E-state index in [1.54, 1.807) is 0 Å². The van der Waals surface area contributed by atoms with Gasteiger partial charge in [-0.3, -0.25) is 23.9 Å². The largest absolute Gasteiger partial charge is 0.456 e. The van der Waals surface area contributed by atoms with Gasteiger partial charge in [0.1, 0.15) is 6.10 Å². The first-order valence-corrected chi connectivity index (χ1v) is 7.14. The summed E-state index contributed by atoms with van der Waals surface area (Å²) in [7, 11) is 0. The molecule has 0 radical (unpaired) electrons. The Morgan fingerprint density at radius 1 is 1.22 bits per heavy atom. The van der Waals surface area contributed by atoms with Crippen LogP contribution in [0.1, 0.15) is 33.4 Å². The molecule has 1 aliphatic rings. The Kier molecular flexibility index (Phi) is 4.99. The number of hydrogen-bond acceptors (Lipinski definition) is 7. The van der Waals surface area contributed by atoms with Crippen molar-refractivity contribution < 1.29 is 23.8 Å². The summed E-state index contributed by atoms with van der Waals surface area (Å²) in [6, 6.07) is 1.15. The second-order valence-corrected chi connectivity index (χ2v) is 5.14. The zero-order valence-corrected chi connectivity index (χ0v) is 13.0. The maximum absolute atomic E-state index is 12.0. The number of carbonyl (C=O) groups excluding carboxylic acids is 2. The Bertz CT molecular complexity index is 708. The molecule has 1 aliphatic heterocycles. The van der Waals surface area contributed by atoms with Crippen molar-refractivity contribution in [2.45, 2.75) is 51.7 Å². The van der Waals surface area contributed by atoms with Crippen LogP contribution in [0.15, 0.2) is 21.9 Å². The molecule has 0 spiro atoms. The van der Waals surface area contributed by atoms with Gasteiger partial charge in [-0.1, -0.05) is 6.92 Å². The van der Waals surface area contributed by atoms with Crippen LogP contribution in [0.3, 0.4) is 0 Å². The van der Waals surface area contributed by atoms with E-state index in [2.05, 4.69) is 4.98 Å². The lowest BCUT2D eigenvalue weighted by atomic mass is 10.1. The Labute approximate surface area is 131 Å². The minimum atomic E-state index is -1.00. The molecule has 0 saturated carbocycles. The van der Waals surface area contributed by atoms with Gasteiger partial charge in [-0.2, -0.15) is 0 Å². The average molecular weight is 326 g/mol. The Hall–Kier alpha value is -2.42. The van der Waals surface area contributed by atoms with Gasteiger partial charge in [0.05, 0.1) is 0 Å². The lowest BCUT2D eigenvalue weighted by Crippen LogP contribution is -2.41. The van der Waals surface area contributed by atoms with Crippen LogP contribution >= 0.6 is 0 Å². The van der Waals surface area contributed by atoms with E-state index < -0.39 is 47.7 Å². The van der Waals surface area contributed by atoms with Crippen molar-refractivity contribution in [3.8, 4) is 0 Å². The molecule has 1 aromatic heterocycles. The number of H-pyrrole nitrogens is 1. The second-order valence-electron chi connectivity index (χ2n) is 5.14. The molecule has 126 valence electrons. The average Bonchev–Trinajstić information content (AvgIpc) is 2.76. The second kappa shape index (κ2) is 6.78. The molecule has 0 amide bonds. The van der Waals surface area contributed by atoms with Gasteiger partial charge in [0, 0.05) is 26.1 Å². The quantitative estimate of drug-likeness (QED) is 0.755. The number of hydrogen-bond donors (Lipinski definition) is 1. The highest BCUT2D eigenvalue weighted by Gasteiger charge is 2.49. The van der Waals surface area contributed by atoms with Crippen LogP contribution in [-0.2, 0) is 23.8 Å². The number of aromatic amines is 1. The third kappa shape index (κ3) is 3.67. The summed E-state index contributed by atoms with van der Waals surface area (Å²) >= 11 is 0. The first-order chi connectivity index (χ1) is 10.8. The van der Waals surface area contributed by atoms with Gasteiger partial charge in [0.2, 0.25) is 0 Å². The summed E-state index contributed by atoms with van der Waals surface area (Å²) in [6.45, 7) is 4.25. The fraction of sp³-hybridized carbons (Fsp3) is 0.571. The molecule has 1 saturated heterocycles. The predicted octanol–water partition coefficient (Wildman–Crippen LogP) is -0.293. The molecule has 9 nitrogen and oxygen atoms in total. The first kappa shape index (κ1) is 16.9. The number of carbonyl (C=O) groups is 2. The Morgan fingerprint density at radius 3 is 2.35 bits per heavy atom. The Balaban J connectivity index is 2.43. The molecule has 2 rings (SSSR count). The lowest BCUT2D eigenvalue weighted by molar-refractivity contribution is -0.165. The van der Waals surface area contributed by atoms with Crippen LogP contribution in [0.5, 0.6) is 0 Å². The molecule has 23 heavy (non-hydrogen) atoms. The number of ether oxygens (including phenoxy) is 3. The predicted molar refractivity (Wildman–Crippen MR) is 76.6 cm³/mol. The van der Waals surface area contributed by atoms with Crippen molar-refractivity contribution in [2.75, 3.05) is 0 Å². The van der Waals surface area contributed by atoms with E-state index in [1.165, 1.54) is 20.0 Å². The minimum absolute atomic E-state index is 0.477. The monoisotopic (exact) mass is 326 g/mol. The van der Waals surface area contributed by atoms with Gasteiger partial charge < -0.3 is 14.2 Å². The summed E-state index contributed by atoms with van der Waals surface area (Å²) in [5.41, 5.74) is -1.27. The van der Waals surface area contributed by atoms with Crippen LogP contribution in [-0.4, -0.2) is 39.8 Å². The van der Waals surface area contributed by atoms with Gasteiger partial charge in [0.25, 0.3) is 5.56 Å². The van der Waals surface area contributed by atoms with E-state index in [9.17, 15) is 19.2 Å². The molecule has 1 unspecified atom stereocenters. The topological polar surface area (TPSA) is 117 Å². The van der Waals surface area contributed by atoms with Gasteiger partial charge >= 0.3 is 17.6 Å². The van der Waals surface area contributed by atoms with Crippen molar-refractivity contribution >= 4 is 11.9 Å². The molecule has 1 fully saturated rings. The van der Waals surface area contributed by atoms with Crippen LogP contribution in [0, 0.1) is 0 Å². The van der Waals surface area contributed by atoms with Crippen molar-refractivity contribution in [1.29, 1.82) is 0 Å². The van der Waals surface area contributed by atoms with Gasteiger partial charge in [-0.05, 0) is 6.42 Å². The maximum atomic E-state index is 12.0. The highest BCUT2D eigenvalue weighted by atomic mass is 16.6. The summed E-state index contributed by atoms with van der Waals surface area (Å²) in [5, 5.41) is 0. The van der Waals surface area contributed by atoms with Gasteiger partial charge in [0.15, 0.2) is 18.4 Å². The SMILES string of the molecule is CC[C@H]1O[C@@H](n2ccc(=O)[nH]c2=O)[C@@H](OC(C)=O)C1OC(C)=O. The first-order valence-electron chi connectivity index (χ1n) is 7.14. The van der Waals surface area contributed by atoms with Gasteiger partial charge in [-0.25, -0.2) is 4.79 Å². The van der Waals surface area contributed by atoms with E-state index in [0.29, 0.717) is 6.42 Å². The van der Waals surface area contributed by atoms with Crippen molar-refractivity contribution in [2.24, 2.45) is 0 Å². The van der Waals surface area contributed by atoms with Crippen LogP contribution < -0.4 is 11.2 Å². The minimum Gasteiger partial charge on any atom is -0.456 e. The molecule has 1 N–H and O–H groups in total. The molecule has 0 bridgehead atoms. The normalized spacial score (nSPS) is 26.7. The fourth-order valence-corrected chi connectivity index (χ4v) is 2.54. The van der Waals surface area contributed by atoms with Gasteiger partial charge in [-0.15, -0.1) is 0 Å². The lowest BCUT2D eigenvalue weighted by Gasteiger charge is -2.23. The third-order valence-electron chi connectivity index (χ3n) is 3.42. The van der Waals surface area contributed by atoms with Crippen molar-refractivity contribution in [3.63, 3.8) is 0 Å². The van der Waals surface area contributed by atoms with E-state index >= 15 is 0 Å². The van der Waals surface area contributed by atoms with Crippen LogP contribution in [0.25, 0.3) is 0 Å². The number of esters is 2. The zero-order chi connectivity index (χ0) is 17.1. The zero-order valence-electron chi connectivity index (χ0n) is 13.0. The maximum Gasteiger partial charge on any atom is 0.330 e. The molecule has 4 atom stereocenters. The summed E-state index contributed by atoms with van der Waals surface area (Å²) in [4.78, 5) is 47.9. The molecular formula is C14H18N2O7. The fourth-order valence-electron chi connectivity index (χ4n) is 2.54. The molecule has 1 aromatic rings. The number of aromatic nitrogens is 2. The number of nitrogens with zero attached hydrogens (tertiary/aromatic N) is 1. The van der Waals surface area contributed by atoms with E-state index in [-0.39, 0.29) is 0 Å². The highest BCUT2D eigenvalue weighted by molar-refractivity contribution is 5.67. The van der Waals surface area contributed by atoms with E-state index in [0.717, 1.165) is 10.6 Å². The van der Waals surface area contributed by atoms with Crippen molar-refractivity contribution in [1.82, 2.24) is 9.55 Å². The van der Waals surface area contributed by atoms with Crippen LogP contribution in [0.4, 0.5) is 0 Å². The van der Waals surface area contributed by atoms with E-state index in [4.69, 9.17) is 14.2 Å². The third-order valence-corrected chi connectivity index (χ3v) is 3.42. The number of rotatable bonds is 4. The summed E-state index contributed by atoms with van der Waals surface area (Å²) < 4.78 is 17.3.